The molecular formula is C12H15ClN2OS. The molecule has 0 aliphatic carbocycles. The van der Waals surface area contributed by atoms with Crippen LogP contribution in [0.4, 0.5) is 0 Å². The Bertz CT molecular complexity index is 459. The highest BCUT2D eigenvalue weighted by Gasteiger charge is 2.15. The van der Waals surface area contributed by atoms with Crippen LogP contribution in [0.3, 0.4) is 0 Å². The Balaban J connectivity index is 0.00000144. The van der Waals surface area contributed by atoms with Gasteiger partial charge in [0.2, 0.25) is 5.51 Å². The number of halogens is 1. The van der Waals surface area contributed by atoms with Crippen molar-refractivity contribution in [1.29, 1.82) is 0 Å². The summed E-state index contributed by atoms with van der Waals surface area (Å²) >= 11 is 1.70. The van der Waals surface area contributed by atoms with Crippen molar-refractivity contribution in [3.63, 3.8) is 0 Å². The Kier molecular flexibility index (Phi) is 5.55. The molecule has 0 unspecified atom stereocenters. The monoisotopic (exact) mass is 270 g/mol. The molecule has 2 aromatic heterocycles. The van der Waals surface area contributed by atoms with E-state index in [0.29, 0.717) is 0 Å². The Hall–Kier alpha value is -0.970. The first kappa shape index (κ1) is 14.1. The fraction of sp³-hybridized carbons (Fsp3) is 0.333. The highest BCUT2D eigenvalue weighted by atomic mass is 35.5. The molecule has 2 aromatic rings. The summed E-state index contributed by atoms with van der Waals surface area (Å²) in [5, 5.41) is 8.93. The maximum absolute atomic E-state index is 8.93. The van der Waals surface area contributed by atoms with Crippen LogP contribution in [0.5, 0.6) is 0 Å². The molecule has 0 aliphatic heterocycles. The highest BCUT2D eigenvalue weighted by Crippen LogP contribution is 2.11. The summed E-state index contributed by atoms with van der Waals surface area (Å²) in [4.78, 5) is 5.55. The van der Waals surface area contributed by atoms with Gasteiger partial charge in [-0.15, -0.1) is 0 Å². The molecule has 17 heavy (non-hydrogen) atoms. The van der Waals surface area contributed by atoms with Gasteiger partial charge in [0.05, 0.1) is 4.88 Å². The Morgan fingerprint density at radius 1 is 1.41 bits per heavy atom. The van der Waals surface area contributed by atoms with Crippen molar-refractivity contribution >= 4 is 11.3 Å². The molecule has 3 nitrogen and oxygen atoms in total. The Morgan fingerprint density at radius 2 is 2.24 bits per heavy atom. The van der Waals surface area contributed by atoms with E-state index in [1.165, 1.54) is 10.6 Å². The number of aromatic nitrogens is 2. The van der Waals surface area contributed by atoms with E-state index in [4.69, 9.17) is 5.11 Å². The lowest BCUT2D eigenvalue weighted by atomic mass is 10.3. The summed E-state index contributed by atoms with van der Waals surface area (Å²) in [5.41, 5.74) is 4.38. The van der Waals surface area contributed by atoms with Gasteiger partial charge in [-0.1, -0.05) is 17.4 Å². The molecule has 2 heterocycles. The molecule has 92 valence electrons. The van der Waals surface area contributed by atoms with Crippen LogP contribution in [0.25, 0.3) is 0 Å². The summed E-state index contributed by atoms with van der Waals surface area (Å²) < 4.78 is 2.18. The van der Waals surface area contributed by atoms with Gasteiger partial charge in [0.1, 0.15) is 5.69 Å². The maximum Gasteiger partial charge on any atom is 0.225 e. The van der Waals surface area contributed by atoms with Gasteiger partial charge in [0, 0.05) is 26.1 Å². The van der Waals surface area contributed by atoms with Crippen LogP contribution in [0.1, 0.15) is 16.3 Å². The molecule has 0 atom stereocenters. The molecule has 5 heteroatoms. The topological polar surface area (TPSA) is 37.0 Å². The van der Waals surface area contributed by atoms with Gasteiger partial charge in [-0.2, -0.15) is 4.57 Å². The van der Waals surface area contributed by atoms with E-state index in [9.17, 15) is 0 Å². The predicted molar refractivity (Wildman–Crippen MR) is 63.4 cm³/mol. The zero-order valence-electron chi connectivity index (χ0n) is 9.64. The van der Waals surface area contributed by atoms with E-state index in [1.54, 1.807) is 11.3 Å². The van der Waals surface area contributed by atoms with Gasteiger partial charge in [-0.3, -0.25) is 4.98 Å². The molecule has 0 amide bonds. The van der Waals surface area contributed by atoms with E-state index in [0.717, 1.165) is 18.7 Å². The van der Waals surface area contributed by atoms with Crippen LogP contribution in [0.15, 0.2) is 29.9 Å². The van der Waals surface area contributed by atoms with E-state index in [-0.39, 0.29) is 19.0 Å². The molecule has 0 radical (unpaired) electrons. The second kappa shape index (κ2) is 6.69. The van der Waals surface area contributed by atoms with Crippen LogP contribution in [-0.4, -0.2) is 16.7 Å². The standard InChI is InChI=1S/C12H15N2OS.ClH/c1-10-12(5-7-15)16-9-14(10)8-11-4-2-3-6-13-11;/h2-4,6,9,15H,5,7-8H2,1H3;1H/q+1;/p-1. The zero-order chi connectivity index (χ0) is 11.4. The minimum Gasteiger partial charge on any atom is -1.00 e. The number of nitrogens with zero attached hydrogens (tertiary/aromatic N) is 2. The number of hydrogen-bond acceptors (Lipinski definition) is 3. The molecule has 0 aliphatic rings. The maximum atomic E-state index is 8.93. The molecule has 2 rings (SSSR count). The first-order valence-corrected chi connectivity index (χ1v) is 6.16. The lowest BCUT2D eigenvalue weighted by Gasteiger charge is -1.96. The van der Waals surface area contributed by atoms with Crippen LogP contribution in [0.2, 0.25) is 0 Å². The van der Waals surface area contributed by atoms with Gasteiger partial charge in [0.15, 0.2) is 12.2 Å². The molecule has 0 aromatic carbocycles. The van der Waals surface area contributed by atoms with Crippen molar-refractivity contribution in [2.75, 3.05) is 6.61 Å². The second-order valence-corrected chi connectivity index (χ2v) is 4.59. The average Bonchev–Trinajstić information content (AvgIpc) is 2.64. The van der Waals surface area contributed by atoms with Crippen LogP contribution < -0.4 is 17.0 Å². The summed E-state index contributed by atoms with van der Waals surface area (Å²) in [6, 6.07) is 5.95. The number of aliphatic hydroxyl groups excluding tert-OH is 1. The third-order valence-electron chi connectivity index (χ3n) is 2.55. The number of thiazole rings is 1. The van der Waals surface area contributed by atoms with E-state index in [1.807, 2.05) is 24.4 Å². The largest absolute Gasteiger partial charge is 1.00 e. The van der Waals surface area contributed by atoms with Crippen LogP contribution in [0, 0.1) is 6.92 Å². The minimum atomic E-state index is 0. The van der Waals surface area contributed by atoms with Gasteiger partial charge in [-0.25, -0.2) is 0 Å². The molecule has 0 bridgehead atoms. The lowest BCUT2D eigenvalue weighted by molar-refractivity contribution is -0.690. The van der Waals surface area contributed by atoms with Crippen molar-refractivity contribution in [3.05, 3.63) is 46.2 Å². The van der Waals surface area contributed by atoms with Crippen molar-refractivity contribution in [2.24, 2.45) is 0 Å². The number of rotatable bonds is 4. The number of hydrogen-bond donors (Lipinski definition) is 1. The average molecular weight is 271 g/mol. The molecule has 0 saturated heterocycles. The fourth-order valence-electron chi connectivity index (χ4n) is 1.62. The molecule has 0 saturated carbocycles. The Morgan fingerprint density at radius 3 is 2.88 bits per heavy atom. The van der Waals surface area contributed by atoms with Crippen molar-refractivity contribution in [3.8, 4) is 0 Å². The number of aliphatic hydroxyl groups is 1. The zero-order valence-corrected chi connectivity index (χ0v) is 11.2. The summed E-state index contributed by atoms with van der Waals surface area (Å²) in [5.74, 6) is 0. The van der Waals surface area contributed by atoms with Gasteiger partial charge in [-0.05, 0) is 12.1 Å². The van der Waals surface area contributed by atoms with Crippen molar-refractivity contribution in [1.82, 2.24) is 4.98 Å². The summed E-state index contributed by atoms with van der Waals surface area (Å²) in [6.07, 6.45) is 2.55. The molecule has 0 fully saturated rings. The highest BCUT2D eigenvalue weighted by molar-refractivity contribution is 7.09. The number of pyridine rings is 1. The second-order valence-electron chi connectivity index (χ2n) is 3.65. The minimum absolute atomic E-state index is 0. The predicted octanol–water partition coefficient (Wildman–Crippen LogP) is -1.67. The Labute approximate surface area is 111 Å². The molecule has 0 spiro atoms. The lowest BCUT2D eigenvalue weighted by Crippen LogP contribution is -3.00. The normalized spacial score (nSPS) is 10.0. The third-order valence-corrected chi connectivity index (χ3v) is 3.70. The molecular weight excluding hydrogens is 256 g/mol. The fourth-order valence-corrected chi connectivity index (χ4v) is 2.60. The quantitative estimate of drug-likeness (QED) is 0.675. The van der Waals surface area contributed by atoms with Gasteiger partial charge in [0.25, 0.3) is 0 Å². The van der Waals surface area contributed by atoms with E-state index in [2.05, 4.69) is 22.0 Å². The summed E-state index contributed by atoms with van der Waals surface area (Å²) in [7, 11) is 0. The van der Waals surface area contributed by atoms with Crippen molar-refractivity contribution in [2.45, 2.75) is 19.9 Å². The first-order chi connectivity index (χ1) is 7.81. The van der Waals surface area contributed by atoms with E-state index < -0.39 is 0 Å². The first-order valence-electron chi connectivity index (χ1n) is 5.28. The van der Waals surface area contributed by atoms with Gasteiger partial charge >= 0.3 is 0 Å². The van der Waals surface area contributed by atoms with Crippen LogP contribution >= 0.6 is 11.3 Å². The third kappa shape index (κ3) is 3.49. The molecule has 1 N–H and O–H groups in total. The van der Waals surface area contributed by atoms with Crippen LogP contribution in [-0.2, 0) is 13.0 Å². The van der Waals surface area contributed by atoms with E-state index >= 15 is 0 Å². The summed E-state index contributed by atoms with van der Waals surface area (Å²) in [6.45, 7) is 3.10. The SMILES string of the molecule is Cc1c(CCO)sc[n+]1Cc1ccccn1.[Cl-]. The smallest absolute Gasteiger partial charge is 0.225 e. The van der Waals surface area contributed by atoms with Crippen molar-refractivity contribution < 1.29 is 22.1 Å². The van der Waals surface area contributed by atoms with Gasteiger partial charge < -0.3 is 17.5 Å².